The van der Waals surface area contributed by atoms with Gasteiger partial charge >= 0.3 is 86.5 Å². The average molecular weight is 280 g/mol. The molecule has 0 nitrogen and oxygen atoms in total. The van der Waals surface area contributed by atoms with Gasteiger partial charge in [-0.3, -0.25) is 0 Å². The van der Waals surface area contributed by atoms with Gasteiger partial charge in [-0.15, -0.1) is 0 Å². The molecule has 3 aromatic rings. The van der Waals surface area contributed by atoms with Crippen molar-refractivity contribution in [2.75, 3.05) is 0 Å². The molecule has 2 aromatic carbocycles. The average Bonchev–Trinajstić information content (AvgIpc) is 2.65. The molecule has 1 heteroatoms. The summed E-state index contributed by atoms with van der Waals surface area (Å²) in [5, 5.41) is 4.25. The second-order valence-corrected chi connectivity index (χ2v) is 5.82. The van der Waals surface area contributed by atoms with E-state index in [9.17, 15) is 0 Å². The zero-order chi connectivity index (χ0) is 8.67. The van der Waals surface area contributed by atoms with E-state index in [0.717, 1.165) is 0 Å². The van der Waals surface area contributed by atoms with Crippen molar-refractivity contribution in [2.45, 2.75) is 0 Å². The van der Waals surface area contributed by atoms with Crippen LogP contribution in [0.4, 0.5) is 0 Å². The number of hydrogen-bond donors (Lipinski definition) is 0. The molecule has 0 aliphatic heterocycles. The molecule has 0 amide bonds. The van der Waals surface area contributed by atoms with Gasteiger partial charge in [0.15, 0.2) is 0 Å². The SMILES string of the molecule is c1ccc2c(c1)ccc1[te]ccc12. The summed E-state index contributed by atoms with van der Waals surface area (Å²) in [6, 6.07) is 15.4. The fourth-order valence-electron chi connectivity index (χ4n) is 1.73. The summed E-state index contributed by atoms with van der Waals surface area (Å²) in [6.45, 7) is 0. The van der Waals surface area contributed by atoms with Crippen LogP contribution in [0.15, 0.2) is 46.5 Å². The molecule has 0 fully saturated rings. The maximum absolute atomic E-state index is 2.36. The molecule has 1 heterocycles. The summed E-state index contributed by atoms with van der Waals surface area (Å²) in [6.07, 6.45) is 0. The Balaban J connectivity index is 2.65. The molecule has 0 radical (unpaired) electrons. The van der Waals surface area contributed by atoms with E-state index < -0.39 is 0 Å². The van der Waals surface area contributed by atoms with Gasteiger partial charge in [0.05, 0.1) is 0 Å². The molecular weight excluding hydrogens is 272 g/mol. The van der Waals surface area contributed by atoms with E-state index in [-0.39, 0.29) is 20.4 Å². The number of hydrogen-bond acceptors (Lipinski definition) is 0. The number of fused-ring (bicyclic) bond motifs is 3. The van der Waals surface area contributed by atoms with Crippen LogP contribution < -0.4 is 0 Å². The van der Waals surface area contributed by atoms with Gasteiger partial charge in [-0.1, -0.05) is 0 Å². The van der Waals surface area contributed by atoms with Gasteiger partial charge in [-0.25, -0.2) is 0 Å². The molecule has 1 aromatic heterocycles. The minimum absolute atomic E-state index is 0.00205. The van der Waals surface area contributed by atoms with Crippen LogP contribution in [-0.2, 0) is 0 Å². The van der Waals surface area contributed by atoms with Crippen LogP contribution in [-0.4, -0.2) is 20.4 Å². The number of benzene rings is 2. The predicted octanol–water partition coefficient (Wildman–Crippen LogP) is 3.05. The zero-order valence-corrected chi connectivity index (χ0v) is 9.36. The van der Waals surface area contributed by atoms with E-state index in [1.54, 1.807) is 3.40 Å². The summed E-state index contributed by atoms with van der Waals surface area (Å²) in [5.41, 5.74) is 0. The maximum atomic E-state index is 2.36. The van der Waals surface area contributed by atoms with Crippen molar-refractivity contribution in [3.8, 4) is 0 Å². The van der Waals surface area contributed by atoms with Crippen molar-refractivity contribution >= 4 is 40.0 Å². The van der Waals surface area contributed by atoms with E-state index in [1.807, 2.05) is 0 Å². The molecule has 62 valence electrons. The van der Waals surface area contributed by atoms with Gasteiger partial charge in [-0.2, -0.15) is 0 Å². The van der Waals surface area contributed by atoms with E-state index in [4.69, 9.17) is 0 Å². The molecule has 3 rings (SSSR count). The van der Waals surface area contributed by atoms with Crippen molar-refractivity contribution < 1.29 is 0 Å². The second kappa shape index (κ2) is 2.87. The topological polar surface area (TPSA) is 0 Å². The van der Waals surface area contributed by atoms with E-state index in [0.29, 0.717) is 0 Å². The van der Waals surface area contributed by atoms with Crippen LogP contribution in [0.1, 0.15) is 0 Å². The van der Waals surface area contributed by atoms with E-state index >= 15 is 0 Å². The molecule has 0 unspecified atom stereocenters. The van der Waals surface area contributed by atoms with Gasteiger partial charge in [0.2, 0.25) is 0 Å². The number of rotatable bonds is 0. The Labute approximate surface area is 86.4 Å². The van der Waals surface area contributed by atoms with Crippen LogP contribution in [0, 0.1) is 0 Å². The third kappa shape index (κ3) is 1.12. The van der Waals surface area contributed by atoms with Gasteiger partial charge < -0.3 is 0 Å². The normalized spacial score (nSPS) is 11.1. The first-order valence-corrected chi connectivity index (χ1v) is 6.81. The second-order valence-electron chi connectivity index (χ2n) is 3.12. The molecule has 0 aliphatic rings. The molecule has 0 spiro atoms. The first-order valence-electron chi connectivity index (χ1n) is 4.30. The van der Waals surface area contributed by atoms with Crippen molar-refractivity contribution in [3.05, 3.63) is 46.5 Å². The molecular formula is C12H8Te. The van der Waals surface area contributed by atoms with Gasteiger partial charge in [0.1, 0.15) is 0 Å². The molecule has 0 bridgehead atoms. The monoisotopic (exact) mass is 282 g/mol. The fraction of sp³-hybridized carbons (Fsp3) is 0. The van der Waals surface area contributed by atoms with Crippen LogP contribution in [0.3, 0.4) is 0 Å². The quantitative estimate of drug-likeness (QED) is 0.555. The Morgan fingerprint density at radius 3 is 2.69 bits per heavy atom. The molecule has 0 saturated carbocycles. The molecule has 13 heavy (non-hydrogen) atoms. The Morgan fingerprint density at radius 1 is 0.769 bits per heavy atom. The van der Waals surface area contributed by atoms with E-state index in [2.05, 4.69) is 46.5 Å². The van der Waals surface area contributed by atoms with Crippen LogP contribution in [0.25, 0.3) is 19.6 Å². The summed E-state index contributed by atoms with van der Waals surface area (Å²) in [5.74, 6) is 0. The minimum atomic E-state index is -0.00205. The first-order chi connectivity index (χ1) is 6.45. The summed E-state index contributed by atoms with van der Waals surface area (Å²) in [7, 11) is 0. The van der Waals surface area contributed by atoms with Crippen LogP contribution in [0.5, 0.6) is 0 Å². The summed E-state index contributed by atoms with van der Waals surface area (Å²) >= 11 is -0.00205. The zero-order valence-electron chi connectivity index (χ0n) is 7.03. The molecule has 0 saturated heterocycles. The van der Waals surface area contributed by atoms with Gasteiger partial charge in [0.25, 0.3) is 0 Å². The van der Waals surface area contributed by atoms with Gasteiger partial charge in [-0.05, 0) is 0 Å². The third-order valence-electron chi connectivity index (χ3n) is 2.36. The third-order valence-corrected chi connectivity index (χ3v) is 4.88. The van der Waals surface area contributed by atoms with E-state index in [1.165, 1.54) is 16.2 Å². The fourth-order valence-corrected chi connectivity index (χ4v) is 4.02. The van der Waals surface area contributed by atoms with Gasteiger partial charge in [0, 0.05) is 0 Å². The van der Waals surface area contributed by atoms with Crippen LogP contribution in [0.2, 0.25) is 0 Å². The Morgan fingerprint density at radius 2 is 1.69 bits per heavy atom. The first kappa shape index (κ1) is 7.62. The Kier molecular flexibility index (Phi) is 1.68. The standard InChI is InChI=1S/C12H8Te/c1-2-4-10-9(3-1)5-6-12-11(10)7-8-13-12/h1-8H. The Hall–Kier alpha value is -0.770. The molecule has 0 aliphatic carbocycles. The van der Waals surface area contributed by atoms with Crippen molar-refractivity contribution in [3.63, 3.8) is 0 Å². The van der Waals surface area contributed by atoms with Crippen molar-refractivity contribution in [1.29, 1.82) is 0 Å². The predicted molar refractivity (Wildman–Crippen MR) is 58.4 cm³/mol. The van der Waals surface area contributed by atoms with Crippen molar-refractivity contribution in [2.24, 2.45) is 0 Å². The Bertz CT molecular complexity index is 563. The molecule has 0 N–H and O–H groups in total. The van der Waals surface area contributed by atoms with Crippen LogP contribution >= 0.6 is 0 Å². The molecule has 0 atom stereocenters. The summed E-state index contributed by atoms with van der Waals surface area (Å²) in [4.78, 5) is 0. The van der Waals surface area contributed by atoms with Crippen molar-refractivity contribution in [1.82, 2.24) is 0 Å². The summed E-state index contributed by atoms with van der Waals surface area (Å²) < 4.78 is 3.95.